The molecule has 2 bridgehead atoms. The SMILES string of the molecule is CN(c1cccs1)[C@@H]1C2CCN(CC2)[C@@H]1[C@H](c1ccccc1)c1ccc(Cl)cc1Cl. The lowest BCUT2D eigenvalue weighted by Crippen LogP contribution is -2.65. The minimum atomic E-state index is 0.200. The molecular formula is C25H26Cl2N2S. The highest BCUT2D eigenvalue weighted by atomic mass is 35.5. The van der Waals surface area contributed by atoms with Crippen LogP contribution in [0.5, 0.6) is 0 Å². The summed E-state index contributed by atoms with van der Waals surface area (Å²) in [5, 5.41) is 4.96. The second kappa shape index (κ2) is 8.55. The van der Waals surface area contributed by atoms with Crippen LogP contribution >= 0.6 is 34.5 Å². The number of rotatable bonds is 5. The topological polar surface area (TPSA) is 6.48 Å². The van der Waals surface area contributed by atoms with E-state index in [4.69, 9.17) is 23.2 Å². The van der Waals surface area contributed by atoms with Crippen molar-refractivity contribution in [1.82, 2.24) is 4.90 Å². The van der Waals surface area contributed by atoms with Gasteiger partial charge in [0.1, 0.15) is 0 Å². The Labute approximate surface area is 193 Å². The van der Waals surface area contributed by atoms with Gasteiger partial charge in [-0.05, 0) is 72.6 Å². The van der Waals surface area contributed by atoms with E-state index in [9.17, 15) is 0 Å². The zero-order valence-corrected chi connectivity index (χ0v) is 19.4. The van der Waals surface area contributed by atoms with Crippen molar-refractivity contribution in [3.63, 3.8) is 0 Å². The summed E-state index contributed by atoms with van der Waals surface area (Å²) in [6, 6.07) is 22.1. The number of hydrogen-bond acceptors (Lipinski definition) is 3. The smallest absolute Gasteiger partial charge is 0.0909 e. The highest BCUT2D eigenvalue weighted by Crippen LogP contribution is 2.46. The summed E-state index contributed by atoms with van der Waals surface area (Å²) in [5.41, 5.74) is 2.50. The van der Waals surface area contributed by atoms with Gasteiger partial charge in [-0.2, -0.15) is 0 Å². The van der Waals surface area contributed by atoms with Crippen LogP contribution in [-0.2, 0) is 0 Å². The van der Waals surface area contributed by atoms with Crippen LogP contribution in [0, 0.1) is 5.92 Å². The molecule has 3 atom stereocenters. The minimum Gasteiger partial charge on any atom is -0.362 e. The first kappa shape index (κ1) is 20.4. The number of halogens is 2. The molecular weight excluding hydrogens is 431 g/mol. The van der Waals surface area contributed by atoms with Gasteiger partial charge in [-0.25, -0.2) is 0 Å². The molecule has 3 aliphatic rings. The molecule has 3 aromatic rings. The van der Waals surface area contributed by atoms with Crippen molar-refractivity contribution in [1.29, 1.82) is 0 Å². The minimum absolute atomic E-state index is 0.200. The molecule has 0 radical (unpaired) electrons. The van der Waals surface area contributed by atoms with Gasteiger partial charge in [0.25, 0.3) is 0 Å². The molecule has 4 heterocycles. The fourth-order valence-corrected chi connectivity index (χ4v) is 6.87. The zero-order chi connectivity index (χ0) is 20.7. The number of anilines is 1. The average Bonchev–Trinajstić information content (AvgIpc) is 3.31. The molecule has 2 aromatic carbocycles. The Morgan fingerprint density at radius 3 is 2.43 bits per heavy atom. The lowest BCUT2D eigenvalue weighted by atomic mass is 9.70. The van der Waals surface area contributed by atoms with E-state index in [0.717, 1.165) is 5.02 Å². The predicted octanol–water partition coefficient (Wildman–Crippen LogP) is 6.79. The molecule has 0 amide bonds. The molecule has 1 aromatic heterocycles. The van der Waals surface area contributed by atoms with Crippen molar-refractivity contribution >= 4 is 39.5 Å². The van der Waals surface area contributed by atoms with Gasteiger partial charge in [-0.3, -0.25) is 4.90 Å². The molecule has 3 fully saturated rings. The Morgan fingerprint density at radius 1 is 1.00 bits per heavy atom. The highest BCUT2D eigenvalue weighted by Gasteiger charge is 2.48. The maximum Gasteiger partial charge on any atom is 0.0909 e. The first-order valence-corrected chi connectivity index (χ1v) is 12.3. The summed E-state index contributed by atoms with van der Waals surface area (Å²) in [6.45, 7) is 2.33. The summed E-state index contributed by atoms with van der Waals surface area (Å²) in [5.74, 6) is 0.899. The van der Waals surface area contributed by atoms with Crippen molar-refractivity contribution < 1.29 is 0 Å². The molecule has 5 heteroatoms. The van der Waals surface area contributed by atoms with Crippen molar-refractivity contribution in [3.8, 4) is 0 Å². The largest absolute Gasteiger partial charge is 0.362 e. The van der Waals surface area contributed by atoms with E-state index < -0.39 is 0 Å². The van der Waals surface area contributed by atoms with Gasteiger partial charge in [-0.15, -0.1) is 11.3 Å². The normalized spacial score (nSPS) is 26.5. The first-order chi connectivity index (χ1) is 14.6. The number of hydrogen-bond donors (Lipinski definition) is 0. The fourth-order valence-electron chi connectivity index (χ4n) is 5.60. The summed E-state index contributed by atoms with van der Waals surface area (Å²) >= 11 is 14.9. The zero-order valence-electron chi connectivity index (χ0n) is 17.0. The number of nitrogens with zero attached hydrogens (tertiary/aromatic N) is 2. The summed E-state index contributed by atoms with van der Waals surface area (Å²) in [4.78, 5) is 5.24. The van der Waals surface area contributed by atoms with E-state index in [0.29, 0.717) is 23.0 Å². The highest BCUT2D eigenvalue weighted by molar-refractivity contribution is 7.14. The summed E-state index contributed by atoms with van der Waals surface area (Å²) in [6.07, 6.45) is 2.54. The number of fused-ring (bicyclic) bond motifs is 3. The van der Waals surface area contributed by atoms with Gasteiger partial charge in [0.2, 0.25) is 0 Å². The first-order valence-electron chi connectivity index (χ1n) is 10.6. The monoisotopic (exact) mass is 456 g/mol. The van der Waals surface area contributed by atoms with Crippen LogP contribution in [0.4, 0.5) is 5.00 Å². The number of thiophene rings is 1. The van der Waals surface area contributed by atoms with Crippen LogP contribution in [0.1, 0.15) is 29.9 Å². The van der Waals surface area contributed by atoms with Crippen molar-refractivity contribution in [2.45, 2.75) is 30.8 Å². The molecule has 30 heavy (non-hydrogen) atoms. The molecule has 0 unspecified atom stereocenters. The van der Waals surface area contributed by atoms with E-state index in [1.165, 1.54) is 42.1 Å². The predicted molar refractivity (Wildman–Crippen MR) is 129 cm³/mol. The van der Waals surface area contributed by atoms with Gasteiger partial charge in [0.05, 0.1) is 5.00 Å². The van der Waals surface area contributed by atoms with Crippen LogP contribution in [-0.4, -0.2) is 37.1 Å². The Hall–Kier alpha value is -1.52. The molecule has 0 saturated carbocycles. The maximum atomic E-state index is 6.81. The van der Waals surface area contributed by atoms with Crippen molar-refractivity contribution in [2.24, 2.45) is 5.92 Å². The number of piperidine rings is 3. The van der Waals surface area contributed by atoms with Gasteiger partial charge in [-0.1, -0.05) is 59.6 Å². The second-order valence-electron chi connectivity index (χ2n) is 8.47. The maximum absolute atomic E-state index is 6.81. The molecule has 2 nitrogen and oxygen atoms in total. The number of benzene rings is 2. The third kappa shape index (κ3) is 3.67. The molecule has 6 rings (SSSR count). The summed E-state index contributed by atoms with van der Waals surface area (Å²) < 4.78 is 0. The van der Waals surface area contributed by atoms with E-state index in [2.05, 4.69) is 70.8 Å². The second-order valence-corrected chi connectivity index (χ2v) is 10.2. The number of likely N-dealkylation sites (N-methyl/N-ethyl adjacent to an activating group) is 1. The molecule has 0 spiro atoms. The van der Waals surface area contributed by atoms with Crippen LogP contribution in [0.15, 0.2) is 66.0 Å². The molecule has 3 saturated heterocycles. The fraction of sp³-hybridized carbons (Fsp3) is 0.360. The molecule has 3 aliphatic heterocycles. The Kier molecular flexibility index (Phi) is 5.81. The van der Waals surface area contributed by atoms with Gasteiger partial charge in [0, 0.05) is 35.1 Å². The molecule has 0 N–H and O–H groups in total. The van der Waals surface area contributed by atoms with E-state index in [1.54, 1.807) is 0 Å². The van der Waals surface area contributed by atoms with Crippen LogP contribution in [0.25, 0.3) is 0 Å². The van der Waals surface area contributed by atoms with E-state index in [1.807, 2.05) is 23.5 Å². The van der Waals surface area contributed by atoms with Gasteiger partial charge >= 0.3 is 0 Å². The standard InChI is InChI=1S/C25H26Cl2N2S/c1-28(22-8-5-15-30-22)24-18-11-13-29(14-12-18)25(24)23(17-6-3-2-4-7-17)20-10-9-19(26)16-21(20)27/h2-10,15-16,18,23-25H,11-14H2,1H3/t23-,24-,25-/m1/s1. The quantitative estimate of drug-likeness (QED) is 0.416. The van der Waals surface area contributed by atoms with Crippen LogP contribution in [0.3, 0.4) is 0 Å². The van der Waals surface area contributed by atoms with E-state index >= 15 is 0 Å². The van der Waals surface area contributed by atoms with E-state index in [-0.39, 0.29) is 5.92 Å². The lowest BCUT2D eigenvalue weighted by molar-refractivity contribution is 0.0188. The van der Waals surface area contributed by atoms with Gasteiger partial charge < -0.3 is 4.90 Å². The Balaban J connectivity index is 1.64. The Morgan fingerprint density at radius 2 is 1.77 bits per heavy atom. The third-order valence-corrected chi connectivity index (χ3v) is 8.45. The molecule has 0 aliphatic carbocycles. The summed E-state index contributed by atoms with van der Waals surface area (Å²) in [7, 11) is 2.27. The van der Waals surface area contributed by atoms with Crippen LogP contribution < -0.4 is 4.90 Å². The Bertz CT molecular complexity index is 984. The van der Waals surface area contributed by atoms with Gasteiger partial charge in [0.15, 0.2) is 0 Å². The average molecular weight is 457 g/mol. The van der Waals surface area contributed by atoms with Crippen molar-refractivity contribution in [3.05, 3.63) is 87.2 Å². The molecule has 156 valence electrons. The van der Waals surface area contributed by atoms with Crippen molar-refractivity contribution in [2.75, 3.05) is 25.0 Å². The van der Waals surface area contributed by atoms with Crippen LogP contribution in [0.2, 0.25) is 10.0 Å². The third-order valence-electron chi connectivity index (χ3n) is 6.93. The lowest BCUT2D eigenvalue weighted by Gasteiger charge is -2.56.